The highest BCUT2D eigenvalue weighted by molar-refractivity contribution is 7.92. The quantitative estimate of drug-likeness (QED) is 0.546. The van der Waals surface area contributed by atoms with Gasteiger partial charge in [0.1, 0.15) is 11.4 Å². The van der Waals surface area contributed by atoms with Crippen molar-refractivity contribution in [3.63, 3.8) is 0 Å². The first-order valence-corrected chi connectivity index (χ1v) is 12.8. The number of likely N-dealkylation sites (tertiary alicyclic amines) is 1. The second-order valence-electron chi connectivity index (χ2n) is 9.73. The SMILES string of the molecule is Cn1cc(C2CCN(C(=O)OC(C)(C)C)CC2)c2cc(NS(=O)(=O)c3ccc(F)cc3)ccc21. The molecule has 3 aromatic rings. The predicted molar refractivity (Wildman–Crippen MR) is 130 cm³/mol. The molecule has 1 amide bonds. The molecule has 0 unspecified atom stereocenters. The van der Waals surface area contributed by atoms with Crippen LogP contribution in [0.5, 0.6) is 0 Å². The van der Waals surface area contributed by atoms with Gasteiger partial charge >= 0.3 is 6.09 Å². The van der Waals surface area contributed by atoms with Crippen LogP contribution in [0.15, 0.2) is 53.6 Å². The van der Waals surface area contributed by atoms with E-state index in [0.29, 0.717) is 18.8 Å². The second kappa shape index (κ2) is 8.94. The number of halogens is 1. The van der Waals surface area contributed by atoms with Crippen LogP contribution < -0.4 is 4.72 Å². The van der Waals surface area contributed by atoms with E-state index in [-0.39, 0.29) is 16.9 Å². The minimum absolute atomic E-state index is 0.00297. The van der Waals surface area contributed by atoms with Crippen molar-refractivity contribution >= 4 is 32.7 Å². The van der Waals surface area contributed by atoms with Crippen LogP contribution in [0.4, 0.5) is 14.9 Å². The average molecular weight is 488 g/mol. The van der Waals surface area contributed by atoms with Crippen molar-refractivity contribution < 1.29 is 22.3 Å². The van der Waals surface area contributed by atoms with E-state index in [4.69, 9.17) is 4.74 Å². The van der Waals surface area contributed by atoms with E-state index in [2.05, 4.69) is 10.9 Å². The summed E-state index contributed by atoms with van der Waals surface area (Å²) in [4.78, 5) is 14.1. The number of anilines is 1. The van der Waals surface area contributed by atoms with E-state index in [1.54, 1.807) is 11.0 Å². The molecule has 1 saturated heterocycles. The average Bonchev–Trinajstić information content (AvgIpc) is 3.08. The molecular weight excluding hydrogens is 457 g/mol. The maximum absolute atomic E-state index is 13.2. The molecule has 9 heteroatoms. The normalized spacial score (nSPS) is 15.5. The number of aromatic nitrogens is 1. The molecule has 0 saturated carbocycles. The zero-order valence-corrected chi connectivity index (χ0v) is 20.7. The molecule has 34 heavy (non-hydrogen) atoms. The molecule has 0 radical (unpaired) electrons. The Morgan fingerprint density at radius 3 is 2.35 bits per heavy atom. The van der Waals surface area contributed by atoms with Crippen LogP contribution in [-0.4, -0.2) is 42.7 Å². The molecule has 0 spiro atoms. The largest absolute Gasteiger partial charge is 0.444 e. The van der Waals surface area contributed by atoms with Gasteiger partial charge in [-0.2, -0.15) is 0 Å². The van der Waals surface area contributed by atoms with Crippen molar-refractivity contribution in [2.45, 2.75) is 50.0 Å². The van der Waals surface area contributed by atoms with Crippen molar-refractivity contribution in [2.75, 3.05) is 17.8 Å². The highest BCUT2D eigenvalue weighted by Crippen LogP contribution is 2.36. The van der Waals surface area contributed by atoms with Gasteiger partial charge in [-0.1, -0.05) is 0 Å². The summed E-state index contributed by atoms with van der Waals surface area (Å²) in [7, 11) is -1.88. The Bertz CT molecular complexity index is 1300. The Balaban J connectivity index is 1.54. The van der Waals surface area contributed by atoms with Crippen molar-refractivity contribution in [1.29, 1.82) is 0 Å². The Morgan fingerprint density at radius 2 is 1.74 bits per heavy atom. The molecule has 4 rings (SSSR count). The third-order valence-corrected chi connectivity index (χ3v) is 7.38. The Morgan fingerprint density at radius 1 is 1.09 bits per heavy atom. The Kier molecular flexibility index (Phi) is 6.33. The molecular formula is C25H30FN3O4S. The summed E-state index contributed by atoms with van der Waals surface area (Å²) in [5, 5.41) is 0.970. The van der Waals surface area contributed by atoms with Gasteiger partial charge in [0.15, 0.2) is 0 Å². The molecule has 2 heterocycles. The lowest BCUT2D eigenvalue weighted by atomic mass is 9.89. The summed E-state index contributed by atoms with van der Waals surface area (Å²) in [6, 6.07) is 10.2. The Hall–Kier alpha value is -3.07. The molecule has 2 aromatic carbocycles. The molecule has 0 atom stereocenters. The Labute approximate surface area is 199 Å². The van der Waals surface area contributed by atoms with Crippen molar-refractivity contribution in [3.05, 3.63) is 60.0 Å². The summed E-state index contributed by atoms with van der Waals surface area (Å²) in [6.07, 6.45) is 3.38. The number of sulfonamides is 1. The number of hydrogen-bond donors (Lipinski definition) is 1. The van der Waals surface area contributed by atoms with E-state index in [1.807, 2.05) is 44.5 Å². The van der Waals surface area contributed by atoms with Gasteiger partial charge in [0.2, 0.25) is 0 Å². The molecule has 1 N–H and O–H groups in total. The van der Waals surface area contributed by atoms with E-state index in [0.717, 1.165) is 41.4 Å². The number of hydrogen-bond acceptors (Lipinski definition) is 4. The van der Waals surface area contributed by atoms with Gasteiger partial charge in [-0.05, 0) is 87.6 Å². The van der Waals surface area contributed by atoms with Crippen LogP contribution in [0.25, 0.3) is 10.9 Å². The number of carbonyl (C=O) groups is 1. The number of aryl methyl sites for hydroxylation is 1. The number of benzene rings is 2. The summed E-state index contributed by atoms with van der Waals surface area (Å²) >= 11 is 0. The lowest BCUT2D eigenvalue weighted by Gasteiger charge is -2.33. The van der Waals surface area contributed by atoms with Gasteiger partial charge < -0.3 is 14.2 Å². The van der Waals surface area contributed by atoms with Gasteiger partial charge in [0.25, 0.3) is 10.0 Å². The molecule has 0 aliphatic carbocycles. The summed E-state index contributed by atoms with van der Waals surface area (Å²) in [5.74, 6) is -0.252. The van der Waals surface area contributed by atoms with Gasteiger partial charge in [-0.3, -0.25) is 4.72 Å². The lowest BCUT2D eigenvalue weighted by molar-refractivity contribution is 0.0205. The van der Waals surface area contributed by atoms with Crippen molar-refractivity contribution in [2.24, 2.45) is 7.05 Å². The van der Waals surface area contributed by atoms with Crippen molar-refractivity contribution in [3.8, 4) is 0 Å². The minimum Gasteiger partial charge on any atom is -0.444 e. The van der Waals surface area contributed by atoms with E-state index in [9.17, 15) is 17.6 Å². The van der Waals surface area contributed by atoms with Gasteiger partial charge in [0, 0.05) is 42.9 Å². The maximum Gasteiger partial charge on any atom is 0.410 e. The minimum atomic E-state index is -3.84. The smallest absolute Gasteiger partial charge is 0.410 e. The second-order valence-corrected chi connectivity index (χ2v) is 11.4. The van der Waals surface area contributed by atoms with E-state index < -0.39 is 21.4 Å². The number of nitrogens with one attached hydrogen (secondary N) is 1. The molecule has 1 aromatic heterocycles. The first kappa shape index (κ1) is 24.1. The number of ether oxygens (including phenoxy) is 1. The fraction of sp³-hybridized carbons (Fsp3) is 0.400. The van der Waals surface area contributed by atoms with Crippen molar-refractivity contribution in [1.82, 2.24) is 9.47 Å². The molecule has 1 aliphatic rings. The summed E-state index contributed by atoms with van der Waals surface area (Å²) < 4.78 is 48.8. The van der Waals surface area contributed by atoms with E-state index >= 15 is 0 Å². The van der Waals surface area contributed by atoms with Crippen LogP contribution in [0.1, 0.15) is 45.1 Å². The van der Waals surface area contributed by atoms with Crippen LogP contribution in [0.2, 0.25) is 0 Å². The number of amides is 1. The molecule has 1 aliphatic heterocycles. The topological polar surface area (TPSA) is 80.6 Å². The number of nitrogens with zero attached hydrogens (tertiary/aromatic N) is 2. The third kappa shape index (κ3) is 5.19. The number of fused-ring (bicyclic) bond motifs is 1. The zero-order valence-electron chi connectivity index (χ0n) is 19.8. The standard InChI is InChI=1S/C25H30FN3O4S/c1-25(2,3)33-24(30)29-13-11-17(12-14-29)22-16-28(4)23-10-7-19(15-21(22)23)27-34(31,32)20-8-5-18(26)6-9-20/h5-10,15-17,27H,11-14H2,1-4H3. The molecule has 182 valence electrons. The van der Waals surface area contributed by atoms with Crippen LogP contribution in [0.3, 0.4) is 0 Å². The molecule has 7 nitrogen and oxygen atoms in total. The van der Waals surface area contributed by atoms with E-state index in [1.165, 1.54) is 12.1 Å². The number of rotatable bonds is 4. The number of carbonyl (C=O) groups excluding carboxylic acids is 1. The third-order valence-electron chi connectivity index (χ3n) is 5.98. The van der Waals surface area contributed by atoms with Gasteiger partial charge in [-0.25, -0.2) is 17.6 Å². The zero-order chi connectivity index (χ0) is 24.7. The highest BCUT2D eigenvalue weighted by atomic mass is 32.2. The predicted octanol–water partition coefficient (Wildman–Crippen LogP) is 5.23. The van der Waals surface area contributed by atoms with Gasteiger partial charge in [0.05, 0.1) is 4.90 Å². The highest BCUT2D eigenvalue weighted by Gasteiger charge is 2.29. The first-order valence-electron chi connectivity index (χ1n) is 11.3. The molecule has 0 bridgehead atoms. The van der Waals surface area contributed by atoms with Gasteiger partial charge in [-0.15, -0.1) is 0 Å². The van der Waals surface area contributed by atoms with Crippen LogP contribution >= 0.6 is 0 Å². The fourth-order valence-corrected chi connectivity index (χ4v) is 5.39. The summed E-state index contributed by atoms with van der Waals surface area (Å²) in [5.41, 5.74) is 2.04. The van der Waals surface area contributed by atoms with Crippen LogP contribution in [-0.2, 0) is 21.8 Å². The first-order chi connectivity index (χ1) is 15.9. The number of piperidine rings is 1. The fourth-order valence-electron chi connectivity index (χ4n) is 4.34. The van der Waals surface area contributed by atoms with Crippen LogP contribution in [0, 0.1) is 5.82 Å². The lowest BCUT2D eigenvalue weighted by Crippen LogP contribution is -2.41. The monoisotopic (exact) mass is 487 g/mol. The maximum atomic E-state index is 13.2. The summed E-state index contributed by atoms with van der Waals surface area (Å²) in [6.45, 7) is 6.78. The molecule has 1 fully saturated rings.